The highest BCUT2D eigenvalue weighted by Gasteiger charge is 2.18. The first-order valence-corrected chi connectivity index (χ1v) is 12.1. The van der Waals surface area contributed by atoms with Gasteiger partial charge in [-0.15, -0.1) is 0 Å². The van der Waals surface area contributed by atoms with Crippen LogP contribution >= 0.6 is 0 Å². The third-order valence-corrected chi connectivity index (χ3v) is 5.21. The van der Waals surface area contributed by atoms with Crippen LogP contribution in [0.2, 0.25) is 0 Å². The average Bonchev–Trinajstić information content (AvgIpc) is 2.91. The number of pyridine rings is 1. The second-order valence-electron chi connectivity index (χ2n) is 7.72. The van der Waals surface area contributed by atoms with E-state index in [1.807, 2.05) is 13.0 Å². The van der Waals surface area contributed by atoms with E-state index in [1.54, 1.807) is 19.2 Å². The lowest BCUT2D eigenvalue weighted by atomic mass is 10.1. The van der Waals surface area contributed by atoms with E-state index in [0.29, 0.717) is 43.3 Å². The number of aldehydes is 1. The first kappa shape index (κ1) is 28.5. The van der Waals surface area contributed by atoms with Gasteiger partial charge in [-0.05, 0) is 51.6 Å². The fourth-order valence-electron chi connectivity index (χ4n) is 3.46. The molecule has 0 aliphatic carbocycles. The van der Waals surface area contributed by atoms with Crippen LogP contribution in [0.15, 0.2) is 18.3 Å². The van der Waals surface area contributed by atoms with Crippen LogP contribution in [0.4, 0.5) is 23.1 Å². The van der Waals surface area contributed by atoms with Crippen molar-refractivity contribution in [3.05, 3.63) is 29.7 Å². The van der Waals surface area contributed by atoms with Gasteiger partial charge < -0.3 is 31.7 Å². The number of carbonyl (C=O) groups is 2. The quantitative estimate of drug-likeness (QED) is 0.177. The van der Waals surface area contributed by atoms with E-state index in [0.717, 1.165) is 43.9 Å². The molecule has 194 valence electrons. The Labute approximate surface area is 212 Å². The molecule has 0 saturated carbocycles. The molecule has 3 heterocycles. The number of hydrogen-bond acceptors (Lipinski definition) is 10. The summed E-state index contributed by atoms with van der Waals surface area (Å²) in [6.07, 6.45) is 5.56. The van der Waals surface area contributed by atoms with Gasteiger partial charge in [0.15, 0.2) is 12.1 Å². The Morgan fingerprint density at radius 2 is 2.00 bits per heavy atom. The van der Waals surface area contributed by atoms with Gasteiger partial charge in [-0.3, -0.25) is 9.59 Å². The number of amides is 1. The van der Waals surface area contributed by atoms with Crippen molar-refractivity contribution in [2.75, 3.05) is 49.3 Å². The molecule has 2 aromatic rings. The van der Waals surface area contributed by atoms with Gasteiger partial charge in [-0.25, -0.2) is 15.0 Å². The lowest BCUT2D eigenvalue weighted by molar-refractivity contribution is -0.115. The van der Waals surface area contributed by atoms with E-state index in [-0.39, 0.29) is 17.6 Å². The standard InChI is InChI=1S/C24H31N7O3.CH5N/c1-3-6-22(33)27-11-5-10-25-21-15-18(7-12-26-21)29-24-20(16-32)30-19(4-2)23(31-24)28-17-8-13-34-14-9-17;1-2/h7,12,15-17H,4-5,8-11,13-14H2,1-2H3,(H,27,33)(H3,25,26,28,29,31);2H2,1H3. The number of aryl methyl sites for hydroxylation is 1. The first-order chi connectivity index (χ1) is 17.6. The maximum absolute atomic E-state index is 11.7. The summed E-state index contributed by atoms with van der Waals surface area (Å²) >= 11 is 0. The lowest BCUT2D eigenvalue weighted by Gasteiger charge is -2.25. The summed E-state index contributed by atoms with van der Waals surface area (Å²) in [6, 6.07) is 3.89. The molecule has 2 aromatic heterocycles. The minimum absolute atomic E-state index is 0.256. The van der Waals surface area contributed by atoms with Gasteiger partial charge in [0.2, 0.25) is 0 Å². The van der Waals surface area contributed by atoms with E-state index in [4.69, 9.17) is 9.72 Å². The fourth-order valence-corrected chi connectivity index (χ4v) is 3.46. The number of hydrogen-bond donors (Lipinski definition) is 5. The third-order valence-electron chi connectivity index (χ3n) is 5.21. The Balaban J connectivity index is 0.00000222. The van der Waals surface area contributed by atoms with Crippen LogP contribution in [0.3, 0.4) is 0 Å². The highest BCUT2D eigenvalue weighted by Crippen LogP contribution is 2.24. The Morgan fingerprint density at radius 1 is 1.22 bits per heavy atom. The zero-order valence-corrected chi connectivity index (χ0v) is 21.2. The van der Waals surface area contributed by atoms with Crippen LogP contribution < -0.4 is 27.0 Å². The molecule has 1 amide bonds. The number of nitrogens with one attached hydrogen (secondary N) is 4. The molecule has 1 aliphatic rings. The van der Waals surface area contributed by atoms with Crippen molar-refractivity contribution in [2.24, 2.45) is 5.73 Å². The topological polar surface area (TPSA) is 156 Å². The van der Waals surface area contributed by atoms with E-state index < -0.39 is 0 Å². The first-order valence-electron chi connectivity index (χ1n) is 12.1. The highest BCUT2D eigenvalue weighted by molar-refractivity contribution is 5.93. The fraction of sp³-hybridized carbons (Fsp3) is 0.480. The lowest BCUT2D eigenvalue weighted by Crippen LogP contribution is -2.29. The zero-order valence-electron chi connectivity index (χ0n) is 21.2. The van der Waals surface area contributed by atoms with Crippen LogP contribution in [0.25, 0.3) is 0 Å². The van der Waals surface area contributed by atoms with E-state index in [9.17, 15) is 9.59 Å². The summed E-state index contributed by atoms with van der Waals surface area (Å²) in [5, 5.41) is 12.6. The minimum Gasteiger partial charge on any atom is -0.381 e. The van der Waals surface area contributed by atoms with Crippen LogP contribution in [-0.4, -0.2) is 66.5 Å². The number of nitrogens with two attached hydrogens (primary N) is 1. The number of rotatable bonds is 11. The number of anilines is 4. The van der Waals surface area contributed by atoms with Gasteiger partial charge >= 0.3 is 0 Å². The van der Waals surface area contributed by atoms with Gasteiger partial charge in [-0.1, -0.05) is 12.8 Å². The normalized spacial score (nSPS) is 12.8. The Bertz CT molecular complexity index is 1050. The molecule has 11 nitrogen and oxygen atoms in total. The number of nitrogens with zero attached hydrogens (tertiary/aromatic N) is 3. The largest absolute Gasteiger partial charge is 0.381 e. The summed E-state index contributed by atoms with van der Waals surface area (Å²) in [5.41, 5.74) is 6.24. The van der Waals surface area contributed by atoms with Crippen molar-refractivity contribution >= 4 is 35.3 Å². The molecular formula is C25H36N8O3. The van der Waals surface area contributed by atoms with Crippen LogP contribution in [0.1, 0.15) is 49.3 Å². The molecule has 0 bridgehead atoms. The van der Waals surface area contributed by atoms with Crippen LogP contribution in [0.5, 0.6) is 0 Å². The average molecular weight is 497 g/mol. The minimum atomic E-state index is -0.279. The Morgan fingerprint density at radius 3 is 2.69 bits per heavy atom. The van der Waals surface area contributed by atoms with Gasteiger partial charge in [-0.2, -0.15) is 0 Å². The second-order valence-corrected chi connectivity index (χ2v) is 7.72. The van der Waals surface area contributed by atoms with E-state index >= 15 is 0 Å². The summed E-state index contributed by atoms with van der Waals surface area (Å²) in [4.78, 5) is 36.6. The molecule has 1 saturated heterocycles. The highest BCUT2D eigenvalue weighted by atomic mass is 16.5. The molecule has 0 radical (unpaired) electrons. The van der Waals surface area contributed by atoms with Crippen LogP contribution in [-0.2, 0) is 16.0 Å². The SMILES string of the molecule is CC#CC(=O)NCCCNc1cc(Nc2nc(NC3CCOCC3)c(CC)nc2C=O)ccn1.CN. The predicted octanol–water partition coefficient (Wildman–Crippen LogP) is 2.10. The molecule has 1 aliphatic heterocycles. The molecular weight excluding hydrogens is 460 g/mol. The Hall–Kier alpha value is -3.75. The summed E-state index contributed by atoms with van der Waals surface area (Å²) in [6.45, 7) is 6.19. The van der Waals surface area contributed by atoms with Crippen molar-refractivity contribution in [1.29, 1.82) is 0 Å². The predicted molar refractivity (Wildman–Crippen MR) is 141 cm³/mol. The molecule has 3 rings (SSSR count). The number of ether oxygens (including phenoxy) is 1. The summed E-state index contributed by atoms with van der Waals surface area (Å²) in [5.74, 6) is 6.46. The van der Waals surface area contributed by atoms with Gasteiger partial charge in [0, 0.05) is 50.3 Å². The summed E-state index contributed by atoms with van der Waals surface area (Å²) in [7, 11) is 1.50. The summed E-state index contributed by atoms with van der Waals surface area (Å²) < 4.78 is 5.44. The van der Waals surface area contributed by atoms with Gasteiger partial charge in [0.05, 0.1) is 5.69 Å². The Kier molecular flexibility index (Phi) is 12.7. The molecule has 36 heavy (non-hydrogen) atoms. The smallest absolute Gasteiger partial charge is 0.295 e. The number of aromatic nitrogens is 3. The van der Waals surface area contributed by atoms with Crippen molar-refractivity contribution in [3.8, 4) is 11.8 Å². The van der Waals surface area contributed by atoms with E-state index in [2.05, 4.69) is 48.8 Å². The van der Waals surface area contributed by atoms with Crippen molar-refractivity contribution in [1.82, 2.24) is 20.3 Å². The maximum atomic E-state index is 11.7. The molecule has 11 heteroatoms. The molecule has 6 N–H and O–H groups in total. The maximum Gasteiger partial charge on any atom is 0.295 e. The second kappa shape index (κ2) is 16.0. The monoisotopic (exact) mass is 496 g/mol. The number of carbonyl (C=O) groups excluding carboxylic acids is 2. The zero-order chi connectivity index (χ0) is 26.2. The molecule has 1 fully saturated rings. The van der Waals surface area contributed by atoms with Crippen molar-refractivity contribution in [3.63, 3.8) is 0 Å². The van der Waals surface area contributed by atoms with Crippen molar-refractivity contribution < 1.29 is 14.3 Å². The van der Waals surface area contributed by atoms with Crippen LogP contribution in [0, 0.1) is 11.8 Å². The molecule has 0 spiro atoms. The van der Waals surface area contributed by atoms with Gasteiger partial charge in [0.1, 0.15) is 17.3 Å². The molecule has 0 unspecified atom stereocenters. The van der Waals surface area contributed by atoms with Crippen molar-refractivity contribution in [2.45, 2.75) is 45.6 Å². The third kappa shape index (κ3) is 9.13. The molecule has 0 aromatic carbocycles. The van der Waals surface area contributed by atoms with Gasteiger partial charge in [0.25, 0.3) is 5.91 Å². The molecule has 0 atom stereocenters. The van der Waals surface area contributed by atoms with E-state index in [1.165, 1.54) is 7.05 Å².